The second kappa shape index (κ2) is 5.00. The first-order valence-electron chi connectivity index (χ1n) is 5.43. The van der Waals surface area contributed by atoms with Crippen LogP contribution in [0.15, 0.2) is 36.5 Å². The molecule has 0 atom stereocenters. The van der Waals surface area contributed by atoms with Crippen molar-refractivity contribution >= 4 is 11.4 Å². The average Bonchev–Trinajstić information content (AvgIpc) is 2.35. The van der Waals surface area contributed by atoms with E-state index in [9.17, 15) is 8.78 Å². The molecule has 0 saturated heterocycles. The Hall–Kier alpha value is -2.17. The third-order valence-corrected chi connectivity index (χ3v) is 2.61. The molecule has 0 saturated carbocycles. The van der Waals surface area contributed by atoms with Crippen molar-refractivity contribution in [1.29, 1.82) is 0 Å². The van der Waals surface area contributed by atoms with Crippen LogP contribution >= 0.6 is 0 Å². The quantitative estimate of drug-likeness (QED) is 0.850. The average molecular weight is 249 g/mol. The van der Waals surface area contributed by atoms with Crippen LogP contribution in [0.25, 0.3) is 0 Å². The molecular formula is C13H13F2N3. The number of nitrogens with zero attached hydrogens (tertiary/aromatic N) is 2. The van der Waals surface area contributed by atoms with Gasteiger partial charge in [0.05, 0.1) is 23.6 Å². The first kappa shape index (κ1) is 12.3. The molecule has 0 fully saturated rings. The Balaban J connectivity index is 2.26. The largest absolute Gasteiger partial charge is 0.395 e. The molecule has 18 heavy (non-hydrogen) atoms. The molecule has 0 radical (unpaired) electrons. The fourth-order valence-corrected chi connectivity index (χ4v) is 1.71. The van der Waals surface area contributed by atoms with Crippen molar-refractivity contribution in [2.75, 3.05) is 17.7 Å². The lowest BCUT2D eigenvalue weighted by molar-refractivity contribution is 0.585. The highest BCUT2D eigenvalue weighted by Crippen LogP contribution is 2.27. The Morgan fingerprint density at radius 2 is 2.06 bits per heavy atom. The molecule has 3 nitrogen and oxygen atoms in total. The maximum Gasteiger partial charge on any atom is 0.151 e. The lowest BCUT2D eigenvalue weighted by Crippen LogP contribution is -2.19. The molecule has 0 aliphatic rings. The summed E-state index contributed by atoms with van der Waals surface area (Å²) in [6.45, 7) is 0.425. The van der Waals surface area contributed by atoms with Crippen LogP contribution in [0.5, 0.6) is 0 Å². The Labute approximate surface area is 104 Å². The number of aromatic nitrogens is 1. The number of anilines is 2. The van der Waals surface area contributed by atoms with Crippen molar-refractivity contribution in [2.45, 2.75) is 6.54 Å². The first-order chi connectivity index (χ1) is 8.58. The molecule has 1 aromatic heterocycles. The predicted molar refractivity (Wildman–Crippen MR) is 67.1 cm³/mol. The number of hydrogen-bond acceptors (Lipinski definition) is 3. The summed E-state index contributed by atoms with van der Waals surface area (Å²) in [7, 11) is 1.71. The molecule has 0 spiro atoms. The fourth-order valence-electron chi connectivity index (χ4n) is 1.71. The molecule has 2 N–H and O–H groups in total. The normalized spacial score (nSPS) is 10.4. The van der Waals surface area contributed by atoms with Gasteiger partial charge in [-0.1, -0.05) is 6.07 Å². The third kappa shape index (κ3) is 2.56. The van der Waals surface area contributed by atoms with E-state index >= 15 is 0 Å². The summed E-state index contributed by atoms with van der Waals surface area (Å²) in [6, 6.07) is 7.47. The SMILES string of the molecule is CN(Cc1ccccn1)c1cc(F)cc(F)c1N. The third-order valence-electron chi connectivity index (χ3n) is 2.61. The fraction of sp³-hybridized carbons (Fsp3) is 0.154. The van der Waals surface area contributed by atoms with Gasteiger partial charge in [-0.05, 0) is 18.2 Å². The van der Waals surface area contributed by atoms with E-state index in [1.54, 1.807) is 24.2 Å². The van der Waals surface area contributed by atoms with Gasteiger partial charge in [0.2, 0.25) is 0 Å². The van der Waals surface area contributed by atoms with Gasteiger partial charge in [0.15, 0.2) is 5.82 Å². The lowest BCUT2D eigenvalue weighted by atomic mass is 10.2. The topological polar surface area (TPSA) is 42.2 Å². The first-order valence-corrected chi connectivity index (χ1v) is 5.43. The second-order valence-electron chi connectivity index (χ2n) is 4.00. The van der Waals surface area contributed by atoms with Gasteiger partial charge in [-0.15, -0.1) is 0 Å². The van der Waals surface area contributed by atoms with Gasteiger partial charge in [0, 0.05) is 19.3 Å². The van der Waals surface area contributed by atoms with E-state index in [0.29, 0.717) is 12.2 Å². The standard InChI is InChI=1S/C13H13F2N3/c1-18(8-10-4-2-3-5-17-10)12-7-9(14)6-11(15)13(12)16/h2-7H,8,16H2,1H3. The van der Waals surface area contributed by atoms with E-state index in [2.05, 4.69) is 4.98 Å². The number of nitrogens with two attached hydrogens (primary N) is 1. The summed E-state index contributed by atoms with van der Waals surface area (Å²) >= 11 is 0. The number of hydrogen-bond donors (Lipinski definition) is 1. The zero-order valence-corrected chi connectivity index (χ0v) is 9.90. The van der Waals surface area contributed by atoms with Gasteiger partial charge in [0.25, 0.3) is 0 Å². The van der Waals surface area contributed by atoms with Crippen molar-refractivity contribution in [2.24, 2.45) is 0 Å². The van der Waals surface area contributed by atoms with Gasteiger partial charge >= 0.3 is 0 Å². The maximum absolute atomic E-state index is 13.3. The van der Waals surface area contributed by atoms with E-state index in [0.717, 1.165) is 11.8 Å². The van der Waals surface area contributed by atoms with Crippen molar-refractivity contribution in [3.8, 4) is 0 Å². The molecule has 0 aliphatic carbocycles. The number of pyridine rings is 1. The van der Waals surface area contributed by atoms with Gasteiger partial charge in [-0.3, -0.25) is 4.98 Å². The molecular weight excluding hydrogens is 236 g/mol. The molecule has 5 heteroatoms. The van der Waals surface area contributed by atoms with Crippen LogP contribution in [0.1, 0.15) is 5.69 Å². The summed E-state index contributed by atoms with van der Waals surface area (Å²) in [6.07, 6.45) is 1.67. The molecule has 2 aromatic rings. The Bertz CT molecular complexity index is 543. The van der Waals surface area contributed by atoms with E-state index in [1.807, 2.05) is 12.1 Å². The van der Waals surface area contributed by atoms with E-state index in [1.165, 1.54) is 6.07 Å². The molecule has 0 unspecified atom stereocenters. The van der Waals surface area contributed by atoms with Crippen molar-refractivity contribution in [3.05, 3.63) is 53.9 Å². The second-order valence-corrected chi connectivity index (χ2v) is 4.00. The number of nitrogen functional groups attached to an aromatic ring is 1. The number of rotatable bonds is 3. The van der Waals surface area contributed by atoms with Crippen molar-refractivity contribution < 1.29 is 8.78 Å². The summed E-state index contributed by atoms with van der Waals surface area (Å²) in [5.74, 6) is -1.40. The monoisotopic (exact) mass is 249 g/mol. The molecule has 94 valence electrons. The summed E-state index contributed by atoms with van der Waals surface area (Å²) in [5.41, 5.74) is 6.66. The van der Waals surface area contributed by atoms with Crippen LogP contribution in [0.3, 0.4) is 0 Å². The minimum Gasteiger partial charge on any atom is -0.395 e. The van der Waals surface area contributed by atoms with Crippen LogP contribution in [-0.4, -0.2) is 12.0 Å². The minimum absolute atomic E-state index is 0.0603. The van der Waals surface area contributed by atoms with Crippen LogP contribution in [0, 0.1) is 11.6 Å². The van der Waals surface area contributed by atoms with Gasteiger partial charge in [-0.25, -0.2) is 8.78 Å². The zero-order valence-electron chi connectivity index (χ0n) is 9.90. The molecule has 1 heterocycles. The van der Waals surface area contributed by atoms with Gasteiger partial charge in [0.1, 0.15) is 5.82 Å². The maximum atomic E-state index is 13.3. The van der Waals surface area contributed by atoms with Crippen molar-refractivity contribution in [1.82, 2.24) is 4.98 Å². The number of benzene rings is 1. The zero-order chi connectivity index (χ0) is 13.1. The van der Waals surface area contributed by atoms with E-state index in [4.69, 9.17) is 5.73 Å². The minimum atomic E-state index is -0.752. The van der Waals surface area contributed by atoms with Crippen LogP contribution < -0.4 is 10.6 Å². The Kier molecular flexibility index (Phi) is 3.41. The molecule has 0 bridgehead atoms. The van der Waals surface area contributed by atoms with E-state index < -0.39 is 11.6 Å². The summed E-state index contributed by atoms with van der Waals surface area (Å²) < 4.78 is 26.5. The summed E-state index contributed by atoms with van der Waals surface area (Å²) in [4.78, 5) is 5.81. The molecule has 2 rings (SSSR count). The highest BCUT2D eigenvalue weighted by atomic mass is 19.1. The Morgan fingerprint density at radius 1 is 1.28 bits per heavy atom. The number of halogens is 2. The predicted octanol–water partition coefficient (Wildman–Crippen LogP) is 2.58. The molecule has 0 amide bonds. The highest BCUT2D eigenvalue weighted by molar-refractivity contribution is 5.67. The molecule has 1 aromatic carbocycles. The summed E-state index contributed by atoms with van der Waals surface area (Å²) in [5, 5.41) is 0. The van der Waals surface area contributed by atoms with Crippen LogP contribution in [0.2, 0.25) is 0 Å². The van der Waals surface area contributed by atoms with Crippen LogP contribution in [0.4, 0.5) is 20.2 Å². The Morgan fingerprint density at radius 3 is 2.72 bits per heavy atom. The lowest BCUT2D eigenvalue weighted by Gasteiger charge is -2.21. The molecule has 0 aliphatic heterocycles. The van der Waals surface area contributed by atoms with Crippen LogP contribution in [-0.2, 0) is 6.54 Å². The highest BCUT2D eigenvalue weighted by Gasteiger charge is 2.12. The van der Waals surface area contributed by atoms with E-state index in [-0.39, 0.29) is 5.69 Å². The smallest absolute Gasteiger partial charge is 0.151 e. The van der Waals surface area contributed by atoms with Crippen molar-refractivity contribution in [3.63, 3.8) is 0 Å². The van der Waals surface area contributed by atoms with Gasteiger partial charge < -0.3 is 10.6 Å². The van der Waals surface area contributed by atoms with Gasteiger partial charge in [-0.2, -0.15) is 0 Å².